The van der Waals surface area contributed by atoms with E-state index in [1.54, 1.807) is 0 Å². The van der Waals surface area contributed by atoms with Crippen molar-refractivity contribution >= 4 is 0 Å². The van der Waals surface area contributed by atoms with Crippen molar-refractivity contribution < 1.29 is 5.11 Å². The monoisotopic (exact) mass is 247 g/mol. The summed E-state index contributed by atoms with van der Waals surface area (Å²) in [6.07, 6.45) is 5.36. The van der Waals surface area contributed by atoms with Gasteiger partial charge in [0.05, 0.1) is 6.10 Å². The first kappa shape index (κ1) is 13.6. The zero-order chi connectivity index (χ0) is 12.8. The van der Waals surface area contributed by atoms with E-state index in [0.29, 0.717) is 12.0 Å². The maximum absolute atomic E-state index is 9.53. The standard InChI is InChI=1S/C16H25NO/c1-2-15(10-13-6-4-3-5-7-13)17-12-14-8-9-16(18)11-14/h3-7,14-18H,2,8-12H2,1H3. The molecule has 1 aromatic rings. The van der Waals surface area contributed by atoms with E-state index in [-0.39, 0.29) is 6.10 Å². The molecule has 18 heavy (non-hydrogen) atoms. The van der Waals surface area contributed by atoms with E-state index in [2.05, 4.69) is 42.6 Å². The Morgan fingerprint density at radius 3 is 2.67 bits per heavy atom. The third kappa shape index (κ3) is 4.11. The first-order valence-corrected chi connectivity index (χ1v) is 7.23. The molecule has 1 saturated carbocycles. The lowest BCUT2D eigenvalue weighted by molar-refractivity contribution is 0.177. The third-order valence-electron chi connectivity index (χ3n) is 4.03. The molecule has 0 bridgehead atoms. The van der Waals surface area contributed by atoms with Gasteiger partial charge in [-0.2, -0.15) is 0 Å². The fraction of sp³-hybridized carbons (Fsp3) is 0.625. The minimum atomic E-state index is -0.0500. The minimum Gasteiger partial charge on any atom is -0.393 e. The molecule has 2 rings (SSSR count). The van der Waals surface area contributed by atoms with E-state index in [9.17, 15) is 5.11 Å². The summed E-state index contributed by atoms with van der Waals surface area (Å²) in [5, 5.41) is 13.2. The highest BCUT2D eigenvalue weighted by molar-refractivity contribution is 5.15. The van der Waals surface area contributed by atoms with E-state index in [4.69, 9.17) is 0 Å². The quantitative estimate of drug-likeness (QED) is 0.810. The Labute approximate surface area is 110 Å². The van der Waals surface area contributed by atoms with Crippen molar-refractivity contribution in [3.63, 3.8) is 0 Å². The van der Waals surface area contributed by atoms with E-state index >= 15 is 0 Å². The second kappa shape index (κ2) is 6.91. The van der Waals surface area contributed by atoms with Crippen LogP contribution in [0.2, 0.25) is 0 Å². The maximum Gasteiger partial charge on any atom is 0.0543 e. The highest BCUT2D eigenvalue weighted by Gasteiger charge is 2.22. The Balaban J connectivity index is 1.75. The van der Waals surface area contributed by atoms with Gasteiger partial charge in [-0.25, -0.2) is 0 Å². The molecule has 1 fully saturated rings. The Bertz CT molecular complexity index is 338. The summed E-state index contributed by atoms with van der Waals surface area (Å²) in [6, 6.07) is 11.2. The number of rotatable bonds is 6. The van der Waals surface area contributed by atoms with Gasteiger partial charge in [0.2, 0.25) is 0 Å². The van der Waals surface area contributed by atoms with Crippen LogP contribution < -0.4 is 5.32 Å². The van der Waals surface area contributed by atoms with Gasteiger partial charge in [-0.15, -0.1) is 0 Å². The van der Waals surface area contributed by atoms with Crippen LogP contribution in [0.25, 0.3) is 0 Å². The second-order valence-electron chi connectivity index (χ2n) is 5.54. The molecule has 1 aromatic carbocycles. The Kier molecular flexibility index (Phi) is 5.21. The zero-order valence-electron chi connectivity index (χ0n) is 11.3. The van der Waals surface area contributed by atoms with Gasteiger partial charge < -0.3 is 10.4 Å². The molecule has 0 aliphatic heterocycles. The molecule has 2 N–H and O–H groups in total. The molecule has 2 nitrogen and oxygen atoms in total. The van der Waals surface area contributed by atoms with E-state index in [1.807, 2.05) is 0 Å². The van der Waals surface area contributed by atoms with Crippen LogP contribution in [-0.2, 0) is 6.42 Å². The summed E-state index contributed by atoms with van der Waals surface area (Å²) >= 11 is 0. The van der Waals surface area contributed by atoms with Crippen LogP contribution in [0, 0.1) is 5.92 Å². The van der Waals surface area contributed by atoms with Gasteiger partial charge in [0.1, 0.15) is 0 Å². The van der Waals surface area contributed by atoms with Crippen LogP contribution in [0.4, 0.5) is 0 Å². The maximum atomic E-state index is 9.53. The summed E-state index contributed by atoms with van der Waals surface area (Å²) in [7, 11) is 0. The highest BCUT2D eigenvalue weighted by Crippen LogP contribution is 2.24. The molecular weight excluding hydrogens is 222 g/mol. The van der Waals surface area contributed by atoms with Crippen molar-refractivity contribution in [2.24, 2.45) is 5.92 Å². The molecule has 0 heterocycles. The minimum absolute atomic E-state index is 0.0500. The number of nitrogens with one attached hydrogen (secondary N) is 1. The van der Waals surface area contributed by atoms with Gasteiger partial charge in [-0.05, 0) is 50.1 Å². The Hall–Kier alpha value is -0.860. The van der Waals surface area contributed by atoms with Crippen LogP contribution in [0.5, 0.6) is 0 Å². The summed E-state index contributed by atoms with van der Waals surface area (Å²) in [5.41, 5.74) is 1.41. The summed E-state index contributed by atoms with van der Waals surface area (Å²) < 4.78 is 0. The van der Waals surface area contributed by atoms with Crippen molar-refractivity contribution in [1.82, 2.24) is 5.32 Å². The van der Waals surface area contributed by atoms with Gasteiger partial charge in [-0.1, -0.05) is 37.3 Å². The van der Waals surface area contributed by atoms with Crippen molar-refractivity contribution in [1.29, 1.82) is 0 Å². The van der Waals surface area contributed by atoms with Crippen LogP contribution in [-0.4, -0.2) is 23.8 Å². The number of benzene rings is 1. The van der Waals surface area contributed by atoms with E-state index < -0.39 is 0 Å². The van der Waals surface area contributed by atoms with E-state index in [1.165, 1.54) is 12.0 Å². The van der Waals surface area contributed by atoms with Crippen LogP contribution in [0.1, 0.15) is 38.2 Å². The molecule has 3 unspecified atom stereocenters. The summed E-state index contributed by atoms with van der Waals surface area (Å²) in [5.74, 6) is 0.671. The summed E-state index contributed by atoms with van der Waals surface area (Å²) in [6.45, 7) is 3.30. The first-order valence-electron chi connectivity index (χ1n) is 7.23. The van der Waals surface area contributed by atoms with Crippen LogP contribution >= 0.6 is 0 Å². The molecule has 0 amide bonds. The fourth-order valence-electron chi connectivity index (χ4n) is 2.83. The fourth-order valence-corrected chi connectivity index (χ4v) is 2.83. The predicted octanol–water partition coefficient (Wildman–Crippen LogP) is 2.76. The average molecular weight is 247 g/mol. The number of aliphatic hydroxyl groups excluding tert-OH is 1. The molecule has 0 radical (unpaired) electrons. The Morgan fingerprint density at radius 2 is 2.06 bits per heavy atom. The first-order chi connectivity index (χ1) is 8.78. The normalized spacial score (nSPS) is 25.2. The van der Waals surface area contributed by atoms with Gasteiger partial charge in [-0.3, -0.25) is 0 Å². The Morgan fingerprint density at radius 1 is 1.28 bits per heavy atom. The van der Waals surface area contributed by atoms with Crippen molar-refractivity contribution in [3.05, 3.63) is 35.9 Å². The smallest absolute Gasteiger partial charge is 0.0543 e. The molecule has 0 aromatic heterocycles. The van der Waals surface area contributed by atoms with E-state index in [0.717, 1.165) is 32.2 Å². The molecule has 1 aliphatic carbocycles. The summed E-state index contributed by atoms with van der Waals surface area (Å²) in [4.78, 5) is 0. The second-order valence-corrected chi connectivity index (χ2v) is 5.54. The molecule has 0 spiro atoms. The topological polar surface area (TPSA) is 32.3 Å². The number of aliphatic hydroxyl groups is 1. The van der Waals surface area contributed by atoms with Gasteiger partial charge in [0.15, 0.2) is 0 Å². The lowest BCUT2D eigenvalue weighted by atomic mass is 10.0. The number of hydrogen-bond donors (Lipinski definition) is 2. The van der Waals surface area contributed by atoms with Gasteiger partial charge >= 0.3 is 0 Å². The van der Waals surface area contributed by atoms with Crippen molar-refractivity contribution in [2.75, 3.05) is 6.54 Å². The lowest BCUT2D eigenvalue weighted by Gasteiger charge is -2.19. The zero-order valence-corrected chi connectivity index (χ0v) is 11.3. The largest absolute Gasteiger partial charge is 0.393 e. The molecule has 3 atom stereocenters. The van der Waals surface area contributed by atoms with Crippen LogP contribution in [0.3, 0.4) is 0 Å². The third-order valence-corrected chi connectivity index (χ3v) is 4.03. The predicted molar refractivity (Wildman–Crippen MR) is 75.6 cm³/mol. The van der Waals surface area contributed by atoms with Crippen molar-refractivity contribution in [3.8, 4) is 0 Å². The van der Waals surface area contributed by atoms with Gasteiger partial charge in [0, 0.05) is 6.04 Å². The average Bonchev–Trinajstić information content (AvgIpc) is 2.81. The molecular formula is C16H25NO. The molecule has 100 valence electrons. The van der Waals surface area contributed by atoms with Crippen molar-refractivity contribution in [2.45, 2.75) is 51.2 Å². The number of hydrogen-bond acceptors (Lipinski definition) is 2. The van der Waals surface area contributed by atoms with Crippen LogP contribution in [0.15, 0.2) is 30.3 Å². The molecule has 0 saturated heterocycles. The molecule has 2 heteroatoms. The molecule has 1 aliphatic rings. The highest BCUT2D eigenvalue weighted by atomic mass is 16.3. The SMILES string of the molecule is CCC(Cc1ccccc1)NCC1CCC(O)C1. The van der Waals surface area contributed by atoms with Gasteiger partial charge in [0.25, 0.3) is 0 Å². The lowest BCUT2D eigenvalue weighted by Crippen LogP contribution is -2.34.